The first-order chi connectivity index (χ1) is 27.1. The topological polar surface area (TPSA) is 130 Å². The number of carbonyl (C=O) groups is 2. The maximum Gasteiger partial charge on any atom is 0.331 e. The molecule has 1 fully saturated rings. The van der Waals surface area contributed by atoms with Crippen molar-refractivity contribution in [1.29, 1.82) is 0 Å². The predicted molar refractivity (Wildman–Crippen MR) is 211 cm³/mol. The molecule has 0 aliphatic carbocycles. The molecule has 3 aromatic carbocycles. The van der Waals surface area contributed by atoms with Gasteiger partial charge in [-0.2, -0.15) is 0 Å². The second-order valence-electron chi connectivity index (χ2n) is 15.2. The van der Waals surface area contributed by atoms with Gasteiger partial charge in [0.15, 0.2) is 0 Å². The normalized spacial score (nSPS) is 18.9. The lowest BCUT2D eigenvalue weighted by Crippen LogP contribution is -2.55. The minimum Gasteiger partial charge on any atom is -0.497 e. The van der Waals surface area contributed by atoms with E-state index in [2.05, 4.69) is 37.4 Å². The van der Waals surface area contributed by atoms with E-state index in [4.69, 9.17) is 28.4 Å². The van der Waals surface area contributed by atoms with Crippen LogP contribution < -0.4 is 14.2 Å². The van der Waals surface area contributed by atoms with Crippen molar-refractivity contribution in [3.63, 3.8) is 0 Å². The minimum atomic E-state index is -0.589. The number of esters is 2. The van der Waals surface area contributed by atoms with Gasteiger partial charge in [0, 0.05) is 54.5 Å². The van der Waals surface area contributed by atoms with Crippen molar-refractivity contribution in [3.8, 4) is 17.2 Å². The molecular formula is C44H60N2O10+2. The Labute approximate surface area is 331 Å². The summed E-state index contributed by atoms with van der Waals surface area (Å²) in [5.41, 5.74) is 7.10. The van der Waals surface area contributed by atoms with E-state index in [0.29, 0.717) is 26.1 Å². The van der Waals surface area contributed by atoms with Gasteiger partial charge in [0.25, 0.3) is 0 Å². The third kappa shape index (κ3) is 10.9. The molecule has 2 heterocycles. The number of nitrogens with zero attached hydrogens (tertiary/aromatic N) is 2. The lowest BCUT2D eigenvalue weighted by atomic mass is 9.84. The summed E-state index contributed by atoms with van der Waals surface area (Å²) in [6.07, 6.45) is 5.16. The summed E-state index contributed by atoms with van der Waals surface area (Å²) in [5, 5.41) is 20.0. The summed E-state index contributed by atoms with van der Waals surface area (Å²) in [6, 6.07) is 16.4. The zero-order chi connectivity index (χ0) is 40.1. The fraction of sp³-hybridized carbons (Fsp3) is 0.500. The van der Waals surface area contributed by atoms with Gasteiger partial charge in [-0.15, -0.1) is 0 Å². The smallest absolute Gasteiger partial charge is 0.331 e. The molecule has 3 aromatic rings. The van der Waals surface area contributed by atoms with E-state index in [0.717, 1.165) is 113 Å². The Balaban J connectivity index is 1.11. The number of fused-ring (bicyclic) bond motifs is 1. The fourth-order valence-corrected chi connectivity index (χ4v) is 8.24. The monoisotopic (exact) mass is 776 g/mol. The number of methoxy groups -OCH3 is 3. The number of carbonyl (C=O) groups excluding carboxylic acids is 2. The minimum absolute atomic E-state index is 0.0883. The largest absolute Gasteiger partial charge is 0.497 e. The highest BCUT2D eigenvalue weighted by Gasteiger charge is 2.39. The van der Waals surface area contributed by atoms with E-state index < -0.39 is 11.9 Å². The van der Waals surface area contributed by atoms with Crippen LogP contribution in [0, 0.1) is 6.92 Å². The summed E-state index contributed by atoms with van der Waals surface area (Å²) >= 11 is 0. The number of rotatable bonds is 19. The number of benzene rings is 3. The van der Waals surface area contributed by atoms with Gasteiger partial charge in [0.1, 0.15) is 42.9 Å². The number of morpholine rings is 1. The van der Waals surface area contributed by atoms with E-state index in [1.807, 2.05) is 25.1 Å². The lowest BCUT2D eigenvalue weighted by Gasteiger charge is -2.46. The van der Waals surface area contributed by atoms with E-state index >= 15 is 0 Å². The number of hydrogen-bond acceptors (Lipinski definition) is 10. The van der Waals surface area contributed by atoms with Gasteiger partial charge < -0.3 is 47.6 Å². The second kappa shape index (κ2) is 20.1. The SMILES string of the molecule is COc1ccc(C[C@@H]2c3cc(CO)c(CO)cc3CC[N@@+]2(C)CCCOC(=O)/C=C\C(=O)OCCC[N+]2(Cc3cc(OC)c(C)c(OC)c3)CCOCC2)cc1. The quantitative estimate of drug-likeness (QED) is 0.0761. The van der Waals surface area contributed by atoms with Crippen molar-refractivity contribution >= 4 is 11.9 Å². The van der Waals surface area contributed by atoms with Crippen molar-refractivity contribution < 1.29 is 57.2 Å². The van der Waals surface area contributed by atoms with Crippen LogP contribution in [0.1, 0.15) is 57.8 Å². The molecule has 2 aliphatic rings. The van der Waals surface area contributed by atoms with E-state index in [1.165, 1.54) is 16.7 Å². The van der Waals surface area contributed by atoms with Gasteiger partial charge in [-0.05, 0) is 59.5 Å². The van der Waals surface area contributed by atoms with Crippen LogP contribution >= 0.6 is 0 Å². The predicted octanol–water partition coefficient (Wildman–Crippen LogP) is 4.76. The van der Waals surface area contributed by atoms with Crippen LogP contribution in [0.3, 0.4) is 0 Å². The Hall–Kier alpha value is -4.46. The van der Waals surface area contributed by atoms with E-state index in [-0.39, 0.29) is 32.5 Å². The molecule has 0 bridgehead atoms. The summed E-state index contributed by atoms with van der Waals surface area (Å²) in [4.78, 5) is 25.1. The van der Waals surface area contributed by atoms with Crippen molar-refractivity contribution in [2.75, 3.05) is 87.5 Å². The molecule has 0 saturated carbocycles. The molecule has 2 atom stereocenters. The molecule has 0 spiro atoms. The third-order valence-electron chi connectivity index (χ3n) is 11.6. The van der Waals surface area contributed by atoms with Gasteiger partial charge >= 0.3 is 11.9 Å². The number of quaternary nitrogens is 2. The van der Waals surface area contributed by atoms with Crippen molar-refractivity contribution in [2.45, 2.75) is 58.4 Å². The number of aliphatic hydroxyl groups excluding tert-OH is 2. The van der Waals surface area contributed by atoms with E-state index in [9.17, 15) is 19.8 Å². The highest BCUT2D eigenvalue weighted by Crippen LogP contribution is 2.39. The Morgan fingerprint density at radius 1 is 0.786 bits per heavy atom. The van der Waals surface area contributed by atoms with Gasteiger partial charge in [0.2, 0.25) is 0 Å². The Bertz CT molecular complexity index is 1780. The van der Waals surface area contributed by atoms with E-state index in [1.54, 1.807) is 21.3 Å². The zero-order valence-electron chi connectivity index (χ0n) is 33.7. The number of hydrogen-bond donors (Lipinski definition) is 2. The molecule has 1 saturated heterocycles. The molecule has 2 N–H and O–H groups in total. The third-order valence-corrected chi connectivity index (χ3v) is 11.6. The van der Waals surface area contributed by atoms with Crippen LogP contribution in [0.4, 0.5) is 0 Å². The lowest BCUT2D eigenvalue weighted by molar-refractivity contribution is -0.947. The average molecular weight is 777 g/mol. The zero-order valence-corrected chi connectivity index (χ0v) is 33.7. The maximum absolute atomic E-state index is 12.6. The molecule has 0 amide bonds. The Morgan fingerprint density at radius 3 is 1.95 bits per heavy atom. The van der Waals surface area contributed by atoms with Crippen LogP contribution in [0.25, 0.3) is 0 Å². The van der Waals surface area contributed by atoms with Crippen LogP contribution in [0.5, 0.6) is 17.2 Å². The van der Waals surface area contributed by atoms with Gasteiger partial charge in [-0.1, -0.05) is 18.2 Å². The molecule has 0 unspecified atom stereocenters. The van der Waals surface area contributed by atoms with Gasteiger partial charge in [-0.25, -0.2) is 9.59 Å². The fourth-order valence-electron chi connectivity index (χ4n) is 8.24. The summed E-state index contributed by atoms with van der Waals surface area (Å²) < 4.78 is 34.7. The van der Waals surface area contributed by atoms with Gasteiger partial charge in [0.05, 0.1) is 87.7 Å². The number of aliphatic hydroxyl groups is 2. The summed E-state index contributed by atoms with van der Waals surface area (Å²) in [7, 11) is 7.21. The first-order valence-corrected chi connectivity index (χ1v) is 19.5. The highest BCUT2D eigenvalue weighted by molar-refractivity contribution is 5.91. The average Bonchev–Trinajstić information content (AvgIpc) is 3.22. The van der Waals surface area contributed by atoms with Crippen molar-refractivity contribution in [3.05, 3.63) is 99.6 Å². The molecular weight excluding hydrogens is 716 g/mol. The number of likely N-dealkylation sites (N-methyl/N-ethyl adjacent to an activating group) is 1. The molecule has 12 nitrogen and oxygen atoms in total. The molecule has 5 rings (SSSR count). The first-order valence-electron chi connectivity index (χ1n) is 19.5. The summed E-state index contributed by atoms with van der Waals surface area (Å²) in [5.74, 6) is 1.21. The van der Waals surface area contributed by atoms with Crippen LogP contribution in [0.2, 0.25) is 0 Å². The maximum atomic E-state index is 12.6. The van der Waals surface area contributed by atoms with Crippen molar-refractivity contribution in [1.82, 2.24) is 0 Å². The first kappa shape index (κ1) is 42.7. The van der Waals surface area contributed by atoms with Crippen LogP contribution in [0.15, 0.2) is 60.7 Å². The molecule has 2 aliphatic heterocycles. The Morgan fingerprint density at radius 2 is 1.38 bits per heavy atom. The standard InChI is InChI=1S/C44H60N2O10/c1-32-41(52-4)25-34(26-42(32)53-5)29-46(18-22-54-23-19-46)16-7-21-56-44(50)13-12-43(49)55-20-6-15-45(2)17-14-35-27-36(30-47)37(31-48)28-39(35)40(45)24-33-8-10-38(51-3)11-9-33/h8-13,25-28,40,47-48H,6-7,14-24,29-31H2,1-5H3/q+2/b13-12-/t40-,45-/m1/s1. The molecule has 0 aromatic heterocycles. The molecule has 304 valence electrons. The molecule has 56 heavy (non-hydrogen) atoms. The summed E-state index contributed by atoms with van der Waals surface area (Å²) in [6.45, 7) is 8.41. The molecule has 0 radical (unpaired) electrons. The number of ether oxygens (including phenoxy) is 6. The second-order valence-corrected chi connectivity index (χ2v) is 15.2. The van der Waals surface area contributed by atoms with Crippen molar-refractivity contribution in [2.24, 2.45) is 0 Å². The Kier molecular flexibility index (Phi) is 15.3. The molecule has 12 heteroatoms. The highest BCUT2D eigenvalue weighted by atomic mass is 16.5. The van der Waals surface area contributed by atoms with Crippen LogP contribution in [-0.2, 0) is 56.4 Å². The van der Waals surface area contributed by atoms with Gasteiger partial charge in [-0.3, -0.25) is 0 Å². The van der Waals surface area contributed by atoms with Crippen LogP contribution in [-0.4, -0.2) is 119 Å².